The molecule has 0 aromatic heterocycles. The number of carbonyl (C=O) groups excluding carboxylic acids is 1. The van der Waals surface area contributed by atoms with Crippen LogP contribution in [-0.2, 0) is 4.79 Å². The number of para-hydroxylation sites is 1. The van der Waals surface area contributed by atoms with Crippen LogP contribution in [0.25, 0.3) is 0 Å². The van der Waals surface area contributed by atoms with Gasteiger partial charge in [0.05, 0.1) is 17.6 Å². The van der Waals surface area contributed by atoms with Crippen molar-refractivity contribution >= 4 is 17.5 Å². The van der Waals surface area contributed by atoms with E-state index in [1.165, 1.54) is 0 Å². The van der Waals surface area contributed by atoms with Gasteiger partial charge in [-0.15, -0.1) is 0 Å². The van der Waals surface area contributed by atoms with Gasteiger partial charge >= 0.3 is 0 Å². The van der Waals surface area contributed by atoms with Gasteiger partial charge in [-0.2, -0.15) is 0 Å². The molecule has 5 heteroatoms. The molecule has 0 spiro atoms. The molecule has 2 aliphatic rings. The molecule has 3 rings (SSSR count). The third-order valence-electron chi connectivity index (χ3n) is 3.95. The molecule has 2 heterocycles. The maximum Gasteiger partial charge on any atom is 0.239 e. The van der Waals surface area contributed by atoms with Gasteiger partial charge in [0.15, 0.2) is 0 Å². The monoisotopic (exact) mass is 294 g/mol. The van der Waals surface area contributed by atoms with Crippen molar-refractivity contribution < 1.29 is 9.53 Å². The van der Waals surface area contributed by atoms with E-state index in [2.05, 4.69) is 5.32 Å². The molecule has 2 unspecified atom stereocenters. The van der Waals surface area contributed by atoms with E-state index >= 15 is 0 Å². The fourth-order valence-electron chi connectivity index (χ4n) is 2.86. The van der Waals surface area contributed by atoms with Crippen LogP contribution in [0.3, 0.4) is 0 Å². The summed E-state index contributed by atoms with van der Waals surface area (Å²) in [5, 5.41) is 3.87. The Morgan fingerprint density at radius 1 is 1.35 bits per heavy atom. The molecule has 0 aliphatic carbocycles. The number of amides is 1. The van der Waals surface area contributed by atoms with Crippen molar-refractivity contribution in [1.82, 2.24) is 10.2 Å². The Hall–Kier alpha value is -1.26. The summed E-state index contributed by atoms with van der Waals surface area (Å²) in [7, 11) is 0. The van der Waals surface area contributed by atoms with Crippen LogP contribution in [0.15, 0.2) is 24.3 Å². The van der Waals surface area contributed by atoms with Crippen LogP contribution in [-0.4, -0.2) is 42.6 Å². The van der Waals surface area contributed by atoms with Crippen LogP contribution in [0.5, 0.6) is 5.75 Å². The van der Waals surface area contributed by atoms with Crippen LogP contribution < -0.4 is 10.1 Å². The Balaban J connectivity index is 1.57. The van der Waals surface area contributed by atoms with E-state index in [1.807, 2.05) is 29.2 Å². The summed E-state index contributed by atoms with van der Waals surface area (Å²) in [6.07, 6.45) is 2.94. The molecule has 2 fully saturated rings. The molecular formula is C15H19ClN2O2. The zero-order chi connectivity index (χ0) is 13.9. The molecule has 1 N–H and O–H groups in total. The Labute approximate surface area is 124 Å². The highest BCUT2D eigenvalue weighted by Crippen LogP contribution is 2.26. The molecule has 20 heavy (non-hydrogen) atoms. The van der Waals surface area contributed by atoms with Crippen LogP contribution >= 0.6 is 11.6 Å². The van der Waals surface area contributed by atoms with E-state index in [-0.39, 0.29) is 18.1 Å². The van der Waals surface area contributed by atoms with Crippen molar-refractivity contribution in [1.29, 1.82) is 0 Å². The van der Waals surface area contributed by atoms with E-state index in [0.29, 0.717) is 17.3 Å². The number of nitrogens with zero attached hydrogens (tertiary/aromatic N) is 1. The normalized spacial score (nSPS) is 25.9. The minimum absolute atomic E-state index is 0.00839. The number of ether oxygens (including phenoxy) is 1. The lowest BCUT2D eigenvalue weighted by molar-refractivity contribution is -0.132. The Kier molecular flexibility index (Phi) is 4.13. The van der Waals surface area contributed by atoms with Gasteiger partial charge in [-0.05, 0) is 31.5 Å². The lowest BCUT2D eigenvalue weighted by Crippen LogP contribution is -2.43. The lowest BCUT2D eigenvalue weighted by Gasteiger charge is -2.21. The number of hydrogen-bond donors (Lipinski definition) is 1. The van der Waals surface area contributed by atoms with Crippen LogP contribution in [0, 0.1) is 0 Å². The van der Waals surface area contributed by atoms with E-state index in [4.69, 9.17) is 16.3 Å². The van der Waals surface area contributed by atoms with Gasteiger partial charge in [-0.1, -0.05) is 23.7 Å². The molecule has 2 aliphatic heterocycles. The van der Waals surface area contributed by atoms with E-state index < -0.39 is 0 Å². The fraction of sp³-hybridized carbons (Fsp3) is 0.533. The topological polar surface area (TPSA) is 41.6 Å². The zero-order valence-electron chi connectivity index (χ0n) is 11.3. The average molecular weight is 295 g/mol. The van der Waals surface area contributed by atoms with Crippen molar-refractivity contribution in [3.05, 3.63) is 29.3 Å². The highest BCUT2D eigenvalue weighted by Gasteiger charge is 2.33. The molecule has 0 bridgehead atoms. The summed E-state index contributed by atoms with van der Waals surface area (Å²) in [5.74, 6) is 0.917. The Morgan fingerprint density at radius 3 is 2.95 bits per heavy atom. The highest BCUT2D eigenvalue weighted by molar-refractivity contribution is 6.32. The predicted molar refractivity (Wildman–Crippen MR) is 78.1 cm³/mol. The predicted octanol–water partition coefficient (Wildman–Crippen LogP) is 2.07. The maximum absolute atomic E-state index is 12.3. The summed E-state index contributed by atoms with van der Waals surface area (Å²) in [4.78, 5) is 14.2. The molecule has 4 nitrogen and oxygen atoms in total. The van der Waals surface area contributed by atoms with Crippen LogP contribution in [0.4, 0.5) is 0 Å². The minimum atomic E-state index is 0.00839. The lowest BCUT2D eigenvalue weighted by atomic mass is 10.2. The number of likely N-dealkylation sites (tertiary alicyclic amines) is 1. The molecule has 1 amide bonds. The summed E-state index contributed by atoms with van der Waals surface area (Å²) < 4.78 is 5.90. The van der Waals surface area contributed by atoms with Gasteiger partial charge in [0.25, 0.3) is 0 Å². The number of nitrogens with one attached hydrogen (secondary N) is 1. The van der Waals surface area contributed by atoms with Gasteiger partial charge in [-0.3, -0.25) is 4.79 Å². The SMILES string of the molecule is O=C(C1CCCN1)N1CCC(Oc2ccccc2Cl)C1. The van der Waals surface area contributed by atoms with Crippen LogP contribution in [0.1, 0.15) is 19.3 Å². The minimum Gasteiger partial charge on any atom is -0.487 e. The second kappa shape index (κ2) is 6.02. The van der Waals surface area contributed by atoms with Gasteiger partial charge in [0, 0.05) is 13.0 Å². The molecule has 2 saturated heterocycles. The second-order valence-corrected chi connectivity index (χ2v) is 5.80. The molecule has 2 atom stereocenters. The smallest absolute Gasteiger partial charge is 0.239 e. The number of halogens is 1. The standard InChI is InChI=1S/C15H19ClN2O2/c16-12-4-1-2-6-14(12)20-11-7-9-18(10-11)15(19)13-5-3-8-17-13/h1-2,4,6,11,13,17H,3,5,7-10H2. The van der Waals surface area contributed by atoms with Crippen molar-refractivity contribution in [2.45, 2.75) is 31.4 Å². The van der Waals surface area contributed by atoms with Gasteiger partial charge in [0.2, 0.25) is 5.91 Å². The number of benzene rings is 1. The molecule has 0 saturated carbocycles. The molecule has 1 aromatic carbocycles. The van der Waals surface area contributed by atoms with Crippen molar-refractivity contribution in [3.63, 3.8) is 0 Å². The van der Waals surface area contributed by atoms with Crippen molar-refractivity contribution in [3.8, 4) is 5.75 Å². The first-order chi connectivity index (χ1) is 9.74. The quantitative estimate of drug-likeness (QED) is 0.928. The molecule has 1 aromatic rings. The molecular weight excluding hydrogens is 276 g/mol. The number of carbonyl (C=O) groups is 1. The zero-order valence-corrected chi connectivity index (χ0v) is 12.1. The summed E-state index contributed by atoms with van der Waals surface area (Å²) >= 11 is 6.09. The maximum atomic E-state index is 12.3. The van der Waals surface area contributed by atoms with Crippen molar-refractivity contribution in [2.75, 3.05) is 19.6 Å². The number of rotatable bonds is 3. The third kappa shape index (κ3) is 2.91. The summed E-state index contributed by atoms with van der Waals surface area (Å²) in [6, 6.07) is 7.48. The largest absolute Gasteiger partial charge is 0.487 e. The highest BCUT2D eigenvalue weighted by atomic mass is 35.5. The molecule has 0 radical (unpaired) electrons. The van der Waals surface area contributed by atoms with E-state index in [9.17, 15) is 4.79 Å². The molecule has 108 valence electrons. The summed E-state index contributed by atoms with van der Waals surface area (Å²) in [6.45, 7) is 2.37. The summed E-state index contributed by atoms with van der Waals surface area (Å²) in [5.41, 5.74) is 0. The first-order valence-electron chi connectivity index (χ1n) is 7.17. The van der Waals surface area contributed by atoms with Gasteiger partial charge < -0.3 is 15.0 Å². The first-order valence-corrected chi connectivity index (χ1v) is 7.55. The fourth-order valence-corrected chi connectivity index (χ4v) is 3.04. The van der Waals surface area contributed by atoms with Crippen molar-refractivity contribution in [2.24, 2.45) is 0 Å². The van der Waals surface area contributed by atoms with E-state index in [0.717, 1.165) is 32.4 Å². The van der Waals surface area contributed by atoms with Gasteiger partial charge in [0.1, 0.15) is 11.9 Å². The first kappa shape index (κ1) is 13.7. The average Bonchev–Trinajstić information content (AvgIpc) is 3.12. The van der Waals surface area contributed by atoms with Gasteiger partial charge in [-0.25, -0.2) is 0 Å². The Bertz CT molecular complexity index is 489. The second-order valence-electron chi connectivity index (χ2n) is 5.39. The van der Waals surface area contributed by atoms with Crippen LogP contribution in [0.2, 0.25) is 5.02 Å². The Morgan fingerprint density at radius 2 is 2.20 bits per heavy atom. The van der Waals surface area contributed by atoms with E-state index in [1.54, 1.807) is 0 Å². The third-order valence-corrected chi connectivity index (χ3v) is 4.26. The number of hydrogen-bond acceptors (Lipinski definition) is 3.